The van der Waals surface area contributed by atoms with Crippen LogP contribution in [0, 0.1) is 5.92 Å². The van der Waals surface area contributed by atoms with Crippen LogP contribution < -0.4 is 0 Å². The van der Waals surface area contributed by atoms with Gasteiger partial charge in [0.2, 0.25) is 0 Å². The van der Waals surface area contributed by atoms with Crippen molar-refractivity contribution in [3.63, 3.8) is 0 Å². The van der Waals surface area contributed by atoms with Crippen molar-refractivity contribution in [3.8, 4) is 0 Å². The first-order chi connectivity index (χ1) is 5.66. The SMILES string of the molecule is CCC(C)C1CCON1C(C)C. The van der Waals surface area contributed by atoms with Crippen LogP contribution >= 0.6 is 0 Å². The molecule has 0 aromatic heterocycles. The summed E-state index contributed by atoms with van der Waals surface area (Å²) in [7, 11) is 0. The molecule has 1 fully saturated rings. The zero-order chi connectivity index (χ0) is 9.14. The quantitative estimate of drug-likeness (QED) is 0.646. The van der Waals surface area contributed by atoms with Crippen LogP contribution in [0.5, 0.6) is 0 Å². The van der Waals surface area contributed by atoms with Crippen molar-refractivity contribution in [1.82, 2.24) is 5.06 Å². The summed E-state index contributed by atoms with van der Waals surface area (Å²) in [4.78, 5) is 5.58. The Morgan fingerprint density at radius 1 is 1.42 bits per heavy atom. The monoisotopic (exact) mass is 171 g/mol. The minimum Gasteiger partial charge on any atom is -0.298 e. The molecule has 72 valence electrons. The molecule has 1 rings (SSSR count). The summed E-state index contributed by atoms with van der Waals surface area (Å²) in [6.07, 6.45) is 2.45. The van der Waals surface area contributed by atoms with Crippen molar-refractivity contribution < 1.29 is 4.84 Å². The zero-order valence-corrected chi connectivity index (χ0v) is 8.71. The van der Waals surface area contributed by atoms with E-state index in [4.69, 9.17) is 4.84 Å². The van der Waals surface area contributed by atoms with Gasteiger partial charge in [0, 0.05) is 12.1 Å². The first-order valence-electron chi connectivity index (χ1n) is 5.08. The first-order valence-corrected chi connectivity index (χ1v) is 5.08. The van der Waals surface area contributed by atoms with Crippen molar-refractivity contribution >= 4 is 0 Å². The van der Waals surface area contributed by atoms with Gasteiger partial charge < -0.3 is 0 Å². The molecule has 2 atom stereocenters. The molecule has 2 heteroatoms. The largest absolute Gasteiger partial charge is 0.298 e. The summed E-state index contributed by atoms with van der Waals surface area (Å²) in [5.74, 6) is 0.759. The van der Waals surface area contributed by atoms with Crippen molar-refractivity contribution in [2.45, 2.75) is 52.6 Å². The molecule has 2 nitrogen and oxygen atoms in total. The predicted octanol–water partition coefficient (Wildman–Crippen LogP) is 2.45. The molecule has 1 aliphatic heterocycles. The minimum atomic E-state index is 0.520. The van der Waals surface area contributed by atoms with Gasteiger partial charge in [-0.1, -0.05) is 20.3 Å². The van der Waals surface area contributed by atoms with E-state index in [9.17, 15) is 0 Å². The van der Waals surface area contributed by atoms with E-state index >= 15 is 0 Å². The third kappa shape index (κ3) is 1.99. The fourth-order valence-corrected chi connectivity index (χ4v) is 1.84. The summed E-state index contributed by atoms with van der Waals surface area (Å²) in [6.45, 7) is 9.87. The highest BCUT2D eigenvalue weighted by atomic mass is 16.7. The molecule has 0 aromatic carbocycles. The fraction of sp³-hybridized carbons (Fsp3) is 1.00. The summed E-state index contributed by atoms with van der Waals surface area (Å²) in [6, 6.07) is 1.17. The van der Waals surface area contributed by atoms with E-state index in [1.165, 1.54) is 12.8 Å². The standard InChI is InChI=1S/C10H21NO/c1-5-9(4)10-6-7-12-11(10)8(2)3/h8-10H,5-7H2,1-4H3. The normalized spacial score (nSPS) is 28.2. The van der Waals surface area contributed by atoms with Crippen LogP contribution in [0.25, 0.3) is 0 Å². The second kappa shape index (κ2) is 4.24. The van der Waals surface area contributed by atoms with Gasteiger partial charge in [-0.05, 0) is 26.2 Å². The maximum Gasteiger partial charge on any atom is 0.0701 e. The average Bonchev–Trinajstić information content (AvgIpc) is 2.50. The van der Waals surface area contributed by atoms with Crippen molar-refractivity contribution in [2.24, 2.45) is 5.92 Å². The van der Waals surface area contributed by atoms with Crippen LogP contribution in [0.1, 0.15) is 40.5 Å². The van der Waals surface area contributed by atoms with Crippen LogP contribution in [0.4, 0.5) is 0 Å². The molecule has 0 amide bonds. The van der Waals surface area contributed by atoms with E-state index in [0.717, 1.165) is 12.5 Å². The van der Waals surface area contributed by atoms with Gasteiger partial charge in [-0.3, -0.25) is 4.84 Å². The van der Waals surface area contributed by atoms with Crippen molar-refractivity contribution in [1.29, 1.82) is 0 Å². The summed E-state index contributed by atoms with van der Waals surface area (Å²) in [5, 5.41) is 2.17. The van der Waals surface area contributed by atoms with Gasteiger partial charge >= 0.3 is 0 Å². The van der Waals surface area contributed by atoms with E-state index in [2.05, 4.69) is 32.8 Å². The third-order valence-electron chi connectivity index (χ3n) is 2.79. The Morgan fingerprint density at radius 2 is 2.08 bits per heavy atom. The smallest absolute Gasteiger partial charge is 0.0701 e. The maximum absolute atomic E-state index is 5.58. The molecule has 0 aromatic rings. The Balaban J connectivity index is 2.51. The van der Waals surface area contributed by atoms with E-state index in [-0.39, 0.29) is 0 Å². The van der Waals surface area contributed by atoms with E-state index in [1.54, 1.807) is 0 Å². The lowest BCUT2D eigenvalue weighted by Crippen LogP contribution is -2.38. The molecular formula is C10H21NO. The summed E-state index contributed by atoms with van der Waals surface area (Å²) in [5.41, 5.74) is 0. The molecule has 0 spiro atoms. The van der Waals surface area contributed by atoms with Crippen LogP contribution in [-0.4, -0.2) is 23.8 Å². The van der Waals surface area contributed by atoms with Gasteiger partial charge in [0.25, 0.3) is 0 Å². The van der Waals surface area contributed by atoms with Gasteiger partial charge in [-0.15, -0.1) is 0 Å². The summed E-state index contributed by atoms with van der Waals surface area (Å²) >= 11 is 0. The Morgan fingerprint density at radius 3 is 2.58 bits per heavy atom. The fourth-order valence-electron chi connectivity index (χ4n) is 1.84. The molecule has 0 aliphatic carbocycles. The minimum absolute atomic E-state index is 0.520. The molecule has 1 heterocycles. The second-order valence-electron chi connectivity index (χ2n) is 4.03. The highest BCUT2D eigenvalue weighted by Crippen LogP contribution is 2.25. The molecule has 0 saturated carbocycles. The van der Waals surface area contributed by atoms with E-state index < -0.39 is 0 Å². The Kier molecular flexibility index (Phi) is 3.53. The molecule has 12 heavy (non-hydrogen) atoms. The lowest BCUT2D eigenvalue weighted by Gasteiger charge is -2.29. The molecule has 0 bridgehead atoms. The lowest BCUT2D eigenvalue weighted by molar-refractivity contribution is -0.162. The molecule has 0 N–H and O–H groups in total. The molecule has 2 unspecified atom stereocenters. The zero-order valence-electron chi connectivity index (χ0n) is 8.71. The maximum atomic E-state index is 5.58. The van der Waals surface area contributed by atoms with Crippen molar-refractivity contribution in [2.75, 3.05) is 6.61 Å². The Hall–Kier alpha value is -0.0800. The topological polar surface area (TPSA) is 12.5 Å². The third-order valence-corrected chi connectivity index (χ3v) is 2.79. The van der Waals surface area contributed by atoms with Gasteiger partial charge in [-0.25, -0.2) is 0 Å². The van der Waals surface area contributed by atoms with Crippen molar-refractivity contribution in [3.05, 3.63) is 0 Å². The predicted molar refractivity (Wildman–Crippen MR) is 50.8 cm³/mol. The van der Waals surface area contributed by atoms with Gasteiger partial charge in [0.05, 0.1) is 6.61 Å². The molecule has 1 saturated heterocycles. The van der Waals surface area contributed by atoms with Gasteiger partial charge in [-0.2, -0.15) is 5.06 Å². The number of hydrogen-bond donors (Lipinski definition) is 0. The van der Waals surface area contributed by atoms with Crippen LogP contribution in [0.2, 0.25) is 0 Å². The van der Waals surface area contributed by atoms with Crippen LogP contribution in [-0.2, 0) is 4.84 Å². The lowest BCUT2D eigenvalue weighted by atomic mass is 9.96. The molecule has 0 radical (unpaired) electrons. The number of hydrogen-bond acceptors (Lipinski definition) is 2. The Bertz CT molecular complexity index is 136. The number of rotatable bonds is 3. The van der Waals surface area contributed by atoms with Crippen LogP contribution in [0.15, 0.2) is 0 Å². The van der Waals surface area contributed by atoms with Gasteiger partial charge in [0.1, 0.15) is 0 Å². The molecule has 1 aliphatic rings. The van der Waals surface area contributed by atoms with E-state index in [0.29, 0.717) is 12.1 Å². The molecular weight excluding hydrogens is 150 g/mol. The summed E-state index contributed by atoms with van der Waals surface area (Å²) < 4.78 is 0. The first kappa shape index (κ1) is 10.0. The number of hydroxylamine groups is 2. The Labute approximate surface area is 75.8 Å². The van der Waals surface area contributed by atoms with Crippen LogP contribution in [0.3, 0.4) is 0 Å². The number of nitrogens with zero attached hydrogens (tertiary/aromatic N) is 1. The van der Waals surface area contributed by atoms with Gasteiger partial charge in [0.15, 0.2) is 0 Å². The second-order valence-corrected chi connectivity index (χ2v) is 4.03. The van der Waals surface area contributed by atoms with E-state index in [1.807, 2.05) is 0 Å². The average molecular weight is 171 g/mol. The highest BCUT2D eigenvalue weighted by Gasteiger charge is 2.31. The highest BCUT2D eigenvalue weighted by molar-refractivity contribution is 4.77.